The molecule has 1 aromatic rings. The van der Waals surface area contributed by atoms with Gasteiger partial charge in [-0.25, -0.2) is 0 Å². The largest absolute Gasteiger partial charge is 0.383 e. The Morgan fingerprint density at radius 2 is 2.00 bits per heavy atom. The van der Waals surface area contributed by atoms with Gasteiger partial charge >= 0.3 is 10.1 Å². The molecule has 0 saturated heterocycles. The highest BCUT2D eigenvalue weighted by Gasteiger charge is 2.06. The molecule has 0 aliphatic carbocycles. The highest BCUT2D eigenvalue weighted by atomic mass is 32.2. The minimum atomic E-state index is -3.46. The molecular formula is C12H16O3S. The van der Waals surface area contributed by atoms with Gasteiger partial charge in [0.2, 0.25) is 0 Å². The van der Waals surface area contributed by atoms with Crippen molar-refractivity contribution in [2.75, 3.05) is 6.26 Å². The molecule has 0 saturated carbocycles. The monoisotopic (exact) mass is 240 g/mol. The summed E-state index contributed by atoms with van der Waals surface area (Å²) < 4.78 is 26.9. The first-order chi connectivity index (χ1) is 7.26. The summed E-state index contributed by atoms with van der Waals surface area (Å²) in [5, 5.41) is 0. The first kappa shape index (κ1) is 12.8. The summed E-state index contributed by atoms with van der Waals surface area (Å²) in [5.41, 5.74) is 3.00. The molecule has 16 heavy (non-hydrogen) atoms. The van der Waals surface area contributed by atoms with Gasteiger partial charge in [-0.1, -0.05) is 18.2 Å². The third-order valence-electron chi connectivity index (χ3n) is 1.86. The number of allylic oxidation sites excluding steroid dienone is 1. The lowest BCUT2D eigenvalue weighted by Crippen LogP contribution is -2.06. The Labute approximate surface area is 96.9 Å². The van der Waals surface area contributed by atoms with E-state index in [1.54, 1.807) is 12.1 Å². The lowest BCUT2D eigenvalue weighted by Gasteiger charge is -2.07. The Hall–Kier alpha value is -1.29. The van der Waals surface area contributed by atoms with E-state index in [4.69, 9.17) is 4.18 Å². The average Bonchev–Trinajstić information content (AvgIpc) is 1.96. The van der Waals surface area contributed by atoms with Crippen LogP contribution in [0.15, 0.2) is 30.4 Å². The molecule has 1 aromatic carbocycles. The van der Waals surface area contributed by atoms with Crippen LogP contribution in [-0.2, 0) is 16.5 Å². The van der Waals surface area contributed by atoms with Crippen LogP contribution >= 0.6 is 0 Å². The third kappa shape index (κ3) is 4.49. The molecule has 0 N–H and O–H groups in total. The Morgan fingerprint density at radius 1 is 1.38 bits per heavy atom. The maximum Gasteiger partial charge on any atom is 0.306 e. The molecule has 0 atom stereocenters. The Kier molecular flexibility index (Phi) is 3.75. The van der Waals surface area contributed by atoms with Gasteiger partial charge in [0, 0.05) is 0 Å². The molecule has 0 aromatic heterocycles. The molecule has 88 valence electrons. The fraction of sp³-hybridized carbons (Fsp3) is 0.333. The van der Waals surface area contributed by atoms with E-state index >= 15 is 0 Å². The van der Waals surface area contributed by atoms with Crippen LogP contribution in [0.5, 0.6) is 5.75 Å². The van der Waals surface area contributed by atoms with E-state index in [1.165, 1.54) is 0 Å². The van der Waals surface area contributed by atoms with Gasteiger partial charge < -0.3 is 4.18 Å². The number of rotatable bonds is 4. The summed E-state index contributed by atoms with van der Waals surface area (Å²) in [6.45, 7) is 7.66. The topological polar surface area (TPSA) is 43.4 Å². The molecular weight excluding hydrogens is 224 g/mol. The summed E-state index contributed by atoms with van der Waals surface area (Å²) in [6.07, 6.45) is 1.76. The summed E-state index contributed by atoms with van der Waals surface area (Å²) >= 11 is 0. The molecule has 3 nitrogen and oxygen atoms in total. The molecule has 0 aliphatic heterocycles. The summed E-state index contributed by atoms with van der Waals surface area (Å²) in [4.78, 5) is 0. The van der Waals surface area contributed by atoms with E-state index in [9.17, 15) is 8.42 Å². The predicted octanol–water partition coefficient (Wildman–Crippen LogP) is 2.45. The highest BCUT2D eigenvalue weighted by Crippen LogP contribution is 2.20. The van der Waals surface area contributed by atoms with Crippen molar-refractivity contribution < 1.29 is 12.6 Å². The summed E-state index contributed by atoms with van der Waals surface area (Å²) in [5.74, 6) is 0.360. The number of hydrogen-bond acceptors (Lipinski definition) is 3. The second-order valence-corrected chi connectivity index (χ2v) is 5.65. The van der Waals surface area contributed by atoms with Crippen LogP contribution in [0.25, 0.3) is 0 Å². The van der Waals surface area contributed by atoms with E-state index in [0.717, 1.165) is 29.4 Å². The molecule has 0 bridgehead atoms. The number of hydrogen-bond donors (Lipinski definition) is 0. The smallest absolute Gasteiger partial charge is 0.306 e. The highest BCUT2D eigenvalue weighted by molar-refractivity contribution is 7.86. The molecule has 0 radical (unpaired) electrons. The van der Waals surface area contributed by atoms with Gasteiger partial charge in [-0.3, -0.25) is 0 Å². The molecule has 0 fully saturated rings. The maximum atomic E-state index is 11.0. The predicted molar refractivity (Wildman–Crippen MR) is 65.2 cm³/mol. The third-order valence-corrected chi connectivity index (χ3v) is 2.36. The second kappa shape index (κ2) is 4.70. The Morgan fingerprint density at radius 3 is 2.50 bits per heavy atom. The van der Waals surface area contributed by atoms with Gasteiger partial charge in [-0.15, -0.1) is 0 Å². The maximum absolute atomic E-state index is 11.0. The van der Waals surface area contributed by atoms with Gasteiger partial charge in [-0.05, 0) is 43.5 Å². The van der Waals surface area contributed by atoms with Crippen molar-refractivity contribution in [3.63, 3.8) is 0 Å². The lowest BCUT2D eigenvalue weighted by atomic mass is 10.0. The van der Waals surface area contributed by atoms with Crippen LogP contribution in [0.2, 0.25) is 0 Å². The SMILES string of the molecule is C=C(C)Cc1cc(C)cc(OS(C)(=O)=O)c1. The van der Waals surface area contributed by atoms with Crippen LogP contribution in [0.1, 0.15) is 18.1 Å². The Bertz CT molecular complexity index is 501. The van der Waals surface area contributed by atoms with Crippen LogP contribution in [0.3, 0.4) is 0 Å². The first-order valence-corrected chi connectivity index (χ1v) is 6.72. The van der Waals surface area contributed by atoms with Gasteiger partial charge in [0.25, 0.3) is 0 Å². The van der Waals surface area contributed by atoms with Gasteiger partial charge in [0.1, 0.15) is 5.75 Å². The van der Waals surface area contributed by atoms with Crippen molar-refractivity contribution >= 4 is 10.1 Å². The molecule has 0 aliphatic rings. The molecule has 0 amide bonds. The zero-order chi connectivity index (χ0) is 12.3. The van der Waals surface area contributed by atoms with Crippen LogP contribution in [0.4, 0.5) is 0 Å². The molecule has 0 spiro atoms. The number of aryl methyl sites for hydroxylation is 1. The first-order valence-electron chi connectivity index (χ1n) is 4.91. The van der Waals surface area contributed by atoms with Crippen molar-refractivity contribution in [3.05, 3.63) is 41.5 Å². The minimum absolute atomic E-state index is 0.360. The summed E-state index contributed by atoms with van der Waals surface area (Å²) in [7, 11) is -3.46. The van der Waals surface area contributed by atoms with E-state index in [-0.39, 0.29) is 0 Å². The van der Waals surface area contributed by atoms with Crippen molar-refractivity contribution in [3.8, 4) is 5.75 Å². The summed E-state index contributed by atoms with van der Waals surface area (Å²) in [6, 6.07) is 5.41. The zero-order valence-electron chi connectivity index (χ0n) is 9.78. The Balaban J connectivity index is 3.03. The fourth-order valence-corrected chi connectivity index (χ4v) is 1.94. The van der Waals surface area contributed by atoms with Crippen LogP contribution < -0.4 is 4.18 Å². The lowest BCUT2D eigenvalue weighted by molar-refractivity contribution is 0.492. The molecule has 0 heterocycles. The molecule has 1 rings (SSSR count). The quantitative estimate of drug-likeness (QED) is 0.599. The molecule has 4 heteroatoms. The second-order valence-electron chi connectivity index (χ2n) is 4.08. The standard InChI is InChI=1S/C12H16O3S/c1-9(2)5-11-6-10(3)7-12(8-11)15-16(4,13)14/h6-8H,1,5H2,2-4H3. The van der Waals surface area contributed by atoms with Crippen LogP contribution in [0, 0.1) is 6.92 Å². The fourth-order valence-electron chi connectivity index (χ4n) is 1.50. The number of benzene rings is 1. The van der Waals surface area contributed by atoms with Crippen molar-refractivity contribution in [2.45, 2.75) is 20.3 Å². The van der Waals surface area contributed by atoms with Gasteiger partial charge in [0.05, 0.1) is 6.26 Å². The van der Waals surface area contributed by atoms with E-state index in [1.807, 2.05) is 19.9 Å². The zero-order valence-corrected chi connectivity index (χ0v) is 10.6. The van der Waals surface area contributed by atoms with Crippen molar-refractivity contribution in [1.29, 1.82) is 0 Å². The minimum Gasteiger partial charge on any atom is -0.383 e. The van der Waals surface area contributed by atoms with Gasteiger partial charge in [-0.2, -0.15) is 8.42 Å². The van der Waals surface area contributed by atoms with E-state index in [0.29, 0.717) is 5.75 Å². The normalized spacial score (nSPS) is 11.2. The van der Waals surface area contributed by atoms with E-state index < -0.39 is 10.1 Å². The van der Waals surface area contributed by atoms with Gasteiger partial charge in [0.15, 0.2) is 0 Å². The average molecular weight is 240 g/mol. The van der Waals surface area contributed by atoms with Crippen molar-refractivity contribution in [1.82, 2.24) is 0 Å². The van der Waals surface area contributed by atoms with Crippen LogP contribution in [-0.4, -0.2) is 14.7 Å². The van der Waals surface area contributed by atoms with E-state index in [2.05, 4.69) is 6.58 Å². The molecule has 0 unspecified atom stereocenters. The van der Waals surface area contributed by atoms with Crippen molar-refractivity contribution in [2.24, 2.45) is 0 Å².